The zero-order valence-corrected chi connectivity index (χ0v) is 16.8. The van der Waals surface area contributed by atoms with Gasteiger partial charge in [0.2, 0.25) is 0 Å². The van der Waals surface area contributed by atoms with Gasteiger partial charge in [-0.05, 0) is 38.8 Å². The molecule has 1 rings (SSSR count). The van der Waals surface area contributed by atoms with Crippen LogP contribution in [0.3, 0.4) is 0 Å². The molecule has 0 unspecified atom stereocenters. The fraction of sp³-hybridized carbons (Fsp3) is 0.474. The summed E-state index contributed by atoms with van der Waals surface area (Å²) in [7, 11) is 0. The van der Waals surface area contributed by atoms with E-state index < -0.39 is 29.7 Å². The Hall–Kier alpha value is -3.10. The Morgan fingerprint density at radius 3 is 2.14 bits per heavy atom. The van der Waals surface area contributed by atoms with Gasteiger partial charge in [-0.15, -0.1) is 0 Å². The molecule has 28 heavy (non-hydrogen) atoms. The summed E-state index contributed by atoms with van der Waals surface area (Å²) in [6, 6.07) is 5.53. The van der Waals surface area contributed by atoms with Crippen molar-refractivity contribution in [2.24, 2.45) is 5.92 Å². The maximum atomic E-state index is 12.6. The van der Waals surface area contributed by atoms with E-state index in [0.717, 1.165) is 0 Å². The van der Waals surface area contributed by atoms with E-state index in [4.69, 9.17) is 4.74 Å². The van der Waals surface area contributed by atoms with Crippen molar-refractivity contribution < 1.29 is 23.9 Å². The van der Waals surface area contributed by atoms with Crippen LogP contribution in [0.25, 0.3) is 0 Å². The SMILES string of the molecule is CCOc1ccccc1C(=O)N[C@H](C(=O)NNC(=O)C(=O)NC(C)C)C(C)C. The molecule has 9 nitrogen and oxygen atoms in total. The van der Waals surface area contributed by atoms with Crippen molar-refractivity contribution in [1.29, 1.82) is 0 Å². The smallest absolute Gasteiger partial charge is 0.327 e. The zero-order chi connectivity index (χ0) is 21.3. The van der Waals surface area contributed by atoms with Gasteiger partial charge in [-0.25, -0.2) is 0 Å². The lowest BCUT2D eigenvalue weighted by molar-refractivity contribution is -0.141. The number of hydrazine groups is 1. The summed E-state index contributed by atoms with van der Waals surface area (Å²) in [4.78, 5) is 48.3. The molecule has 0 saturated carbocycles. The van der Waals surface area contributed by atoms with E-state index in [-0.39, 0.29) is 12.0 Å². The van der Waals surface area contributed by atoms with Crippen LogP contribution in [0, 0.1) is 5.92 Å². The number of nitrogens with one attached hydrogen (secondary N) is 4. The van der Waals surface area contributed by atoms with Crippen molar-refractivity contribution in [3.05, 3.63) is 29.8 Å². The summed E-state index contributed by atoms with van der Waals surface area (Å²) in [6.45, 7) is 9.08. The zero-order valence-electron chi connectivity index (χ0n) is 16.8. The van der Waals surface area contributed by atoms with E-state index in [1.54, 1.807) is 58.9 Å². The van der Waals surface area contributed by atoms with Crippen LogP contribution in [0.5, 0.6) is 5.75 Å². The van der Waals surface area contributed by atoms with Crippen molar-refractivity contribution in [2.75, 3.05) is 6.61 Å². The highest BCUT2D eigenvalue weighted by Gasteiger charge is 2.27. The average Bonchev–Trinajstić information content (AvgIpc) is 2.63. The predicted molar refractivity (Wildman–Crippen MR) is 103 cm³/mol. The maximum absolute atomic E-state index is 12.6. The van der Waals surface area contributed by atoms with Gasteiger partial charge in [0.1, 0.15) is 11.8 Å². The van der Waals surface area contributed by atoms with Crippen LogP contribution < -0.4 is 26.2 Å². The highest BCUT2D eigenvalue weighted by atomic mass is 16.5. The Labute approximate surface area is 164 Å². The third-order valence-electron chi connectivity index (χ3n) is 3.59. The van der Waals surface area contributed by atoms with E-state index in [0.29, 0.717) is 17.9 Å². The fourth-order valence-electron chi connectivity index (χ4n) is 2.27. The van der Waals surface area contributed by atoms with Gasteiger partial charge in [0.25, 0.3) is 11.8 Å². The molecule has 4 amide bonds. The Morgan fingerprint density at radius 2 is 1.57 bits per heavy atom. The van der Waals surface area contributed by atoms with Gasteiger partial charge in [0.15, 0.2) is 0 Å². The van der Waals surface area contributed by atoms with Crippen LogP contribution in [0.4, 0.5) is 0 Å². The average molecular weight is 392 g/mol. The largest absolute Gasteiger partial charge is 0.493 e. The van der Waals surface area contributed by atoms with Gasteiger partial charge in [0.05, 0.1) is 12.2 Å². The molecule has 9 heteroatoms. The summed E-state index contributed by atoms with van der Waals surface area (Å²) in [5.41, 5.74) is 4.51. The van der Waals surface area contributed by atoms with Crippen LogP contribution in [0.2, 0.25) is 0 Å². The van der Waals surface area contributed by atoms with Crippen LogP contribution >= 0.6 is 0 Å². The Morgan fingerprint density at radius 1 is 0.929 bits per heavy atom. The normalized spacial score (nSPS) is 11.5. The molecule has 1 aromatic carbocycles. The number of amides is 4. The van der Waals surface area contributed by atoms with E-state index in [1.165, 1.54) is 0 Å². The van der Waals surface area contributed by atoms with Gasteiger partial charge in [-0.1, -0.05) is 26.0 Å². The van der Waals surface area contributed by atoms with E-state index in [1.807, 2.05) is 5.43 Å². The number of ether oxygens (including phenoxy) is 1. The molecule has 0 heterocycles. The van der Waals surface area contributed by atoms with Gasteiger partial charge in [0, 0.05) is 6.04 Å². The summed E-state index contributed by atoms with van der Waals surface area (Å²) in [5, 5.41) is 5.04. The fourth-order valence-corrected chi connectivity index (χ4v) is 2.27. The molecule has 1 aromatic rings. The number of benzene rings is 1. The van der Waals surface area contributed by atoms with E-state index >= 15 is 0 Å². The molecular weight excluding hydrogens is 364 g/mol. The first-order chi connectivity index (χ1) is 13.2. The first-order valence-electron chi connectivity index (χ1n) is 9.10. The first-order valence-corrected chi connectivity index (χ1v) is 9.10. The minimum Gasteiger partial charge on any atom is -0.493 e. The predicted octanol–water partition coefficient (Wildman–Crippen LogP) is 0.512. The highest BCUT2D eigenvalue weighted by Crippen LogP contribution is 2.18. The summed E-state index contributed by atoms with van der Waals surface area (Å²) >= 11 is 0. The van der Waals surface area contributed by atoms with Gasteiger partial charge in [-0.2, -0.15) is 0 Å². The Balaban J connectivity index is 2.77. The van der Waals surface area contributed by atoms with Gasteiger partial charge < -0.3 is 15.4 Å². The lowest BCUT2D eigenvalue weighted by Crippen LogP contribution is -2.56. The minimum absolute atomic E-state index is 0.220. The second-order valence-corrected chi connectivity index (χ2v) is 6.70. The maximum Gasteiger partial charge on any atom is 0.327 e. The van der Waals surface area contributed by atoms with Crippen LogP contribution in [-0.4, -0.2) is 42.3 Å². The molecule has 1 atom stereocenters. The second kappa shape index (κ2) is 10.9. The first kappa shape index (κ1) is 22.9. The second-order valence-electron chi connectivity index (χ2n) is 6.70. The van der Waals surface area contributed by atoms with E-state index in [9.17, 15) is 19.2 Å². The van der Waals surface area contributed by atoms with Crippen molar-refractivity contribution in [1.82, 2.24) is 21.5 Å². The van der Waals surface area contributed by atoms with Gasteiger partial charge >= 0.3 is 11.8 Å². The van der Waals surface area contributed by atoms with Crippen molar-refractivity contribution in [3.63, 3.8) is 0 Å². The molecular formula is C19H28N4O5. The highest BCUT2D eigenvalue weighted by molar-refractivity contribution is 6.35. The molecule has 0 saturated heterocycles. The molecule has 0 aliphatic rings. The lowest BCUT2D eigenvalue weighted by Gasteiger charge is -2.22. The third-order valence-corrected chi connectivity index (χ3v) is 3.59. The molecule has 4 N–H and O–H groups in total. The van der Waals surface area contributed by atoms with E-state index in [2.05, 4.69) is 16.1 Å². The monoisotopic (exact) mass is 392 g/mol. The van der Waals surface area contributed by atoms with Crippen molar-refractivity contribution in [3.8, 4) is 5.75 Å². The summed E-state index contributed by atoms with van der Waals surface area (Å²) in [6.07, 6.45) is 0. The lowest BCUT2D eigenvalue weighted by atomic mass is 10.0. The summed E-state index contributed by atoms with van der Waals surface area (Å²) in [5.74, 6) is -2.87. The quantitative estimate of drug-likeness (QED) is 0.397. The number of rotatable bonds is 7. The van der Waals surface area contributed by atoms with Crippen LogP contribution in [-0.2, 0) is 14.4 Å². The molecule has 0 aliphatic carbocycles. The number of para-hydroxylation sites is 1. The standard InChI is InChI=1S/C19H28N4O5/c1-6-28-14-10-8-7-9-13(14)16(24)21-15(11(2)3)17(25)22-23-19(27)18(26)20-12(4)5/h7-12,15H,6H2,1-5H3,(H,20,26)(H,21,24)(H,22,25)(H,23,27)/t15-/m0/s1. The van der Waals surface area contributed by atoms with Crippen LogP contribution in [0.1, 0.15) is 45.0 Å². The third kappa shape index (κ3) is 6.90. The van der Waals surface area contributed by atoms with Crippen molar-refractivity contribution in [2.45, 2.75) is 46.7 Å². The molecule has 0 radical (unpaired) electrons. The number of carbonyl (C=O) groups excluding carboxylic acids is 4. The van der Waals surface area contributed by atoms with Gasteiger partial charge in [-0.3, -0.25) is 30.0 Å². The molecule has 0 aliphatic heterocycles. The molecule has 0 aromatic heterocycles. The minimum atomic E-state index is -1.00. The topological polar surface area (TPSA) is 126 Å². The summed E-state index contributed by atoms with van der Waals surface area (Å²) < 4.78 is 5.43. The number of hydrogen-bond acceptors (Lipinski definition) is 5. The molecule has 0 spiro atoms. The molecule has 0 fully saturated rings. The molecule has 0 bridgehead atoms. The number of carbonyl (C=O) groups is 4. The van der Waals surface area contributed by atoms with Crippen molar-refractivity contribution >= 4 is 23.6 Å². The Kier molecular flexibility index (Phi) is 8.94. The number of hydrogen-bond donors (Lipinski definition) is 4. The van der Waals surface area contributed by atoms with Crippen LogP contribution in [0.15, 0.2) is 24.3 Å². The molecule has 154 valence electrons. The Bertz CT molecular complexity index is 718.